The highest BCUT2D eigenvalue weighted by Gasteiger charge is 2.31. The van der Waals surface area contributed by atoms with E-state index in [0.29, 0.717) is 11.7 Å². The Balaban J connectivity index is 2.76. The normalized spacial score (nSPS) is 13.7. The van der Waals surface area contributed by atoms with Gasteiger partial charge in [0.05, 0.1) is 5.69 Å². The average Bonchev–Trinajstić information content (AvgIpc) is 2.74. The van der Waals surface area contributed by atoms with Crippen LogP contribution in [0.2, 0.25) is 0 Å². The van der Waals surface area contributed by atoms with Gasteiger partial charge >= 0.3 is 6.18 Å². The molecule has 0 aliphatic carbocycles. The quantitative estimate of drug-likeness (QED) is 0.868. The minimum atomic E-state index is -4.20. The van der Waals surface area contributed by atoms with Crippen molar-refractivity contribution in [3.8, 4) is 0 Å². The Morgan fingerprint density at radius 2 is 2.11 bits per heavy atom. The zero-order valence-electron chi connectivity index (χ0n) is 10.7. The molecule has 0 aromatic carbocycles. The van der Waals surface area contributed by atoms with Gasteiger partial charge in [-0.15, -0.1) is 11.3 Å². The molecule has 3 nitrogen and oxygen atoms in total. The summed E-state index contributed by atoms with van der Waals surface area (Å²) in [5.74, 6) is 0. The molecule has 0 bridgehead atoms. The second-order valence-electron chi connectivity index (χ2n) is 3.96. The van der Waals surface area contributed by atoms with Crippen LogP contribution in [0.15, 0.2) is 5.38 Å². The second-order valence-corrected chi connectivity index (χ2v) is 4.80. The lowest BCUT2D eigenvalue weighted by Gasteiger charge is -2.21. The van der Waals surface area contributed by atoms with Crippen molar-refractivity contribution in [1.29, 1.82) is 0 Å². The van der Waals surface area contributed by atoms with Crippen LogP contribution in [0.3, 0.4) is 0 Å². The monoisotopic (exact) mass is 281 g/mol. The van der Waals surface area contributed by atoms with Crippen LogP contribution in [-0.2, 0) is 0 Å². The summed E-state index contributed by atoms with van der Waals surface area (Å²) >= 11 is 1.25. The standard InChI is InChI=1S/C11H18F3N3S/c1-4-15-8(3)9-6-18-10(16-9)17(5-2)7-11(12,13)14/h6,8,15H,4-5,7H2,1-3H3. The Hall–Kier alpha value is -0.820. The van der Waals surface area contributed by atoms with E-state index in [-0.39, 0.29) is 6.04 Å². The molecule has 0 aliphatic heterocycles. The summed E-state index contributed by atoms with van der Waals surface area (Å²) in [7, 11) is 0. The highest BCUT2D eigenvalue weighted by molar-refractivity contribution is 7.13. The molecule has 0 amide bonds. The van der Waals surface area contributed by atoms with Crippen molar-refractivity contribution < 1.29 is 13.2 Å². The summed E-state index contributed by atoms with van der Waals surface area (Å²) in [4.78, 5) is 5.51. The molecule has 0 radical (unpaired) electrons. The first-order chi connectivity index (χ1) is 8.37. The van der Waals surface area contributed by atoms with Crippen molar-refractivity contribution in [2.45, 2.75) is 33.0 Å². The molecule has 0 aliphatic rings. The van der Waals surface area contributed by atoms with Crippen LogP contribution < -0.4 is 10.2 Å². The van der Waals surface area contributed by atoms with E-state index < -0.39 is 12.7 Å². The number of aromatic nitrogens is 1. The molecule has 7 heteroatoms. The van der Waals surface area contributed by atoms with Gasteiger partial charge in [0.1, 0.15) is 6.54 Å². The van der Waals surface area contributed by atoms with E-state index in [9.17, 15) is 13.2 Å². The van der Waals surface area contributed by atoms with Crippen molar-refractivity contribution in [2.75, 3.05) is 24.5 Å². The molecule has 0 saturated heterocycles. The molecule has 1 aromatic rings. The first-order valence-electron chi connectivity index (χ1n) is 5.87. The SMILES string of the molecule is CCNC(C)c1csc(N(CC)CC(F)(F)F)n1. The largest absolute Gasteiger partial charge is 0.406 e. The fourth-order valence-corrected chi connectivity index (χ4v) is 2.55. The van der Waals surface area contributed by atoms with Gasteiger partial charge in [-0.2, -0.15) is 13.2 Å². The van der Waals surface area contributed by atoms with E-state index in [4.69, 9.17) is 0 Å². The van der Waals surface area contributed by atoms with Crippen molar-refractivity contribution in [3.05, 3.63) is 11.1 Å². The van der Waals surface area contributed by atoms with E-state index in [2.05, 4.69) is 10.3 Å². The van der Waals surface area contributed by atoms with Crippen LogP contribution in [0.25, 0.3) is 0 Å². The maximum absolute atomic E-state index is 12.4. The fourth-order valence-electron chi connectivity index (χ4n) is 1.56. The third-order valence-corrected chi connectivity index (χ3v) is 3.41. The highest BCUT2D eigenvalue weighted by atomic mass is 32.1. The Labute approximate surface area is 109 Å². The lowest BCUT2D eigenvalue weighted by Crippen LogP contribution is -2.34. The summed E-state index contributed by atoms with van der Waals surface area (Å²) < 4.78 is 37.2. The van der Waals surface area contributed by atoms with Gasteiger partial charge in [-0.05, 0) is 20.4 Å². The van der Waals surface area contributed by atoms with Gasteiger partial charge < -0.3 is 10.2 Å². The number of rotatable bonds is 6. The average molecular weight is 281 g/mol. The third-order valence-electron chi connectivity index (χ3n) is 2.49. The zero-order valence-corrected chi connectivity index (χ0v) is 11.5. The molecule has 1 N–H and O–H groups in total. The summed E-state index contributed by atoms with van der Waals surface area (Å²) in [5.41, 5.74) is 0.789. The van der Waals surface area contributed by atoms with Gasteiger partial charge in [0.15, 0.2) is 5.13 Å². The van der Waals surface area contributed by atoms with E-state index >= 15 is 0 Å². The van der Waals surface area contributed by atoms with Gasteiger partial charge in [-0.3, -0.25) is 0 Å². The molecule has 18 heavy (non-hydrogen) atoms. The van der Waals surface area contributed by atoms with Gasteiger partial charge in [0.25, 0.3) is 0 Å². The predicted octanol–water partition coefficient (Wildman–Crippen LogP) is 3.20. The van der Waals surface area contributed by atoms with E-state index in [0.717, 1.165) is 12.2 Å². The Morgan fingerprint density at radius 3 is 2.61 bits per heavy atom. The maximum Gasteiger partial charge on any atom is 0.406 e. The van der Waals surface area contributed by atoms with Crippen LogP contribution >= 0.6 is 11.3 Å². The van der Waals surface area contributed by atoms with Crippen molar-refractivity contribution in [2.24, 2.45) is 0 Å². The molecular weight excluding hydrogens is 263 g/mol. The summed E-state index contributed by atoms with van der Waals surface area (Å²) in [5, 5.41) is 5.42. The zero-order chi connectivity index (χ0) is 13.8. The van der Waals surface area contributed by atoms with Gasteiger partial charge in [-0.25, -0.2) is 4.98 Å². The molecule has 104 valence electrons. The van der Waals surface area contributed by atoms with Gasteiger partial charge in [0.2, 0.25) is 0 Å². The summed E-state index contributed by atoms with van der Waals surface area (Å²) in [6.45, 7) is 5.76. The number of hydrogen-bond acceptors (Lipinski definition) is 4. The van der Waals surface area contributed by atoms with Gasteiger partial charge in [0, 0.05) is 18.0 Å². The Bertz CT molecular complexity index is 365. The fraction of sp³-hybridized carbons (Fsp3) is 0.727. The van der Waals surface area contributed by atoms with E-state index in [1.54, 1.807) is 6.92 Å². The lowest BCUT2D eigenvalue weighted by atomic mass is 10.3. The molecule has 1 unspecified atom stereocenters. The molecule has 1 aromatic heterocycles. The molecule has 1 rings (SSSR count). The number of nitrogens with zero attached hydrogens (tertiary/aromatic N) is 2. The molecular formula is C11H18F3N3S. The minimum absolute atomic E-state index is 0.0598. The number of alkyl halides is 3. The summed E-state index contributed by atoms with van der Waals surface area (Å²) in [6, 6.07) is 0.0598. The van der Waals surface area contributed by atoms with Crippen LogP contribution in [0.1, 0.15) is 32.5 Å². The first kappa shape index (κ1) is 15.2. The van der Waals surface area contributed by atoms with E-state index in [1.165, 1.54) is 16.2 Å². The van der Waals surface area contributed by atoms with Crippen molar-refractivity contribution in [3.63, 3.8) is 0 Å². The summed E-state index contributed by atoms with van der Waals surface area (Å²) in [6.07, 6.45) is -4.20. The van der Waals surface area contributed by atoms with Crippen LogP contribution in [-0.4, -0.2) is 30.8 Å². The number of anilines is 1. The lowest BCUT2D eigenvalue weighted by molar-refractivity contribution is -0.119. The maximum atomic E-state index is 12.4. The Kier molecular flexibility index (Phi) is 5.40. The Morgan fingerprint density at radius 1 is 1.44 bits per heavy atom. The van der Waals surface area contributed by atoms with Gasteiger partial charge in [-0.1, -0.05) is 6.92 Å². The highest BCUT2D eigenvalue weighted by Crippen LogP contribution is 2.27. The molecule has 0 saturated carbocycles. The molecule has 0 spiro atoms. The molecule has 1 atom stereocenters. The topological polar surface area (TPSA) is 28.2 Å². The van der Waals surface area contributed by atoms with E-state index in [1.807, 2.05) is 19.2 Å². The van der Waals surface area contributed by atoms with Crippen LogP contribution in [0, 0.1) is 0 Å². The minimum Gasteiger partial charge on any atom is -0.339 e. The predicted molar refractivity (Wildman–Crippen MR) is 68.1 cm³/mol. The van der Waals surface area contributed by atoms with Crippen LogP contribution in [0.4, 0.5) is 18.3 Å². The number of hydrogen-bond donors (Lipinski definition) is 1. The number of nitrogens with one attached hydrogen (secondary N) is 1. The molecule has 1 heterocycles. The van der Waals surface area contributed by atoms with Crippen LogP contribution in [0.5, 0.6) is 0 Å². The molecule has 0 fully saturated rings. The second kappa shape index (κ2) is 6.38. The number of thiazole rings is 1. The third kappa shape index (κ3) is 4.45. The van der Waals surface area contributed by atoms with Crippen molar-refractivity contribution in [1.82, 2.24) is 10.3 Å². The number of halogens is 3. The smallest absolute Gasteiger partial charge is 0.339 e. The first-order valence-corrected chi connectivity index (χ1v) is 6.75. The van der Waals surface area contributed by atoms with Crippen molar-refractivity contribution >= 4 is 16.5 Å².